The van der Waals surface area contributed by atoms with Crippen molar-refractivity contribution in [3.63, 3.8) is 0 Å². The topological polar surface area (TPSA) is 55.1 Å². The number of hydrogen-bond donors (Lipinski definition) is 2. The lowest BCUT2D eigenvalue weighted by molar-refractivity contribution is -0.123. The van der Waals surface area contributed by atoms with E-state index in [2.05, 4.69) is 5.32 Å². The number of rotatable bonds is 5. The molecule has 5 heteroatoms. The lowest BCUT2D eigenvalue weighted by atomic mass is 9.95. The van der Waals surface area contributed by atoms with Gasteiger partial charge >= 0.3 is 0 Å². The molecule has 3 rings (SSSR count). The summed E-state index contributed by atoms with van der Waals surface area (Å²) < 4.78 is 0. The molecule has 122 valence electrons. The monoisotopic (exact) mass is 350 g/mol. The van der Waals surface area contributed by atoms with Crippen LogP contribution in [0, 0.1) is 0 Å². The number of nitrogens with two attached hydrogens (primary N) is 1. The second kappa shape index (κ2) is 7.24. The van der Waals surface area contributed by atoms with Gasteiger partial charge in [-0.25, -0.2) is 0 Å². The van der Waals surface area contributed by atoms with E-state index in [1.165, 1.54) is 5.56 Å². The third kappa shape index (κ3) is 3.98. The van der Waals surface area contributed by atoms with Gasteiger partial charge in [0.15, 0.2) is 0 Å². The summed E-state index contributed by atoms with van der Waals surface area (Å²) in [6.07, 6.45) is 2.58. The van der Waals surface area contributed by atoms with Crippen LogP contribution in [0.1, 0.15) is 24.0 Å². The minimum Gasteiger partial charge on any atom is -0.399 e. The number of carbonyl (C=O) groups is 1. The first-order valence-corrected chi connectivity index (χ1v) is 7.87. The number of amides is 1. The Labute approximate surface area is 147 Å². The van der Waals surface area contributed by atoms with E-state index < -0.39 is 0 Å². The highest BCUT2D eigenvalue weighted by Gasteiger charge is 2.51. The molecule has 1 aliphatic rings. The Kier molecular flexibility index (Phi) is 5.55. The number of benzene rings is 2. The summed E-state index contributed by atoms with van der Waals surface area (Å²) in [5, 5.41) is 3.73. The molecular weight excluding hydrogens is 331 g/mol. The van der Waals surface area contributed by atoms with Crippen molar-refractivity contribution >= 4 is 35.6 Å². The van der Waals surface area contributed by atoms with E-state index in [-0.39, 0.29) is 23.7 Å². The zero-order chi connectivity index (χ0) is 15.6. The zero-order valence-electron chi connectivity index (χ0n) is 12.7. The second-order valence-electron chi connectivity index (χ2n) is 5.84. The molecule has 0 saturated heterocycles. The van der Waals surface area contributed by atoms with Gasteiger partial charge < -0.3 is 11.1 Å². The van der Waals surface area contributed by atoms with Crippen LogP contribution in [0.5, 0.6) is 0 Å². The Balaban J connectivity index is 0.00000192. The van der Waals surface area contributed by atoms with Gasteiger partial charge in [-0.2, -0.15) is 0 Å². The SMILES string of the molecule is Cl.Nc1ccc(CCNC(=O)C2(c3cccc(Cl)c3)CC2)cc1. The summed E-state index contributed by atoms with van der Waals surface area (Å²) in [5.74, 6) is 0.102. The molecule has 2 aromatic rings. The predicted molar refractivity (Wildman–Crippen MR) is 97.2 cm³/mol. The molecule has 3 nitrogen and oxygen atoms in total. The summed E-state index contributed by atoms with van der Waals surface area (Å²) in [6, 6.07) is 15.4. The fourth-order valence-electron chi connectivity index (χ4n) is 2.73. The maximum atomic E-state index is 12.5. The van der Waals surface area contributed by atoms with Crippen LogP contribution in [-0.2, 0) is 16.6 Å². The fraction of sp³-hybridized carbons (Fsp3) is 0.278. The fourth-order valence-corrected chi connectivity index (χ4v) is 2.92. The molecule has 1 saturated carbocycles. The van der Waals surface area contributed by atoms with E-state index in [1.54, 1.807) is 0 Å². The van der Waals surface area contributed by atoms with Gasteiger partial charge in [-0.05, 0) is 54.7 Å². The summed E-state index contributed by atoms with van der Waals surface area (Å²) >= 11 is 6.04. The highest BCUT2D eigenvalue weighted by molar-refractivity contribution is 6.30. The van der Waals surface area contributed by atoms with Crippen LogP contribution < -0.4 is 11.1 Å². The molecule has 0 atom stereocenters. The molecule has 23 heavy (non-hydrogen) atoms. The van der Waals surface area contributed by atoms with Gasteiger partial charge in [-0.3, -0.25) is 4.79 Å². The largest absolute Gasteiger partial charge is 0.399 e. The van der Waals surface area contributed by atoms with Crippen LogP contribution in [0.2, 0.25) is 5.02 Å². The van der Waals surface area contributed by atoms with Crippen molar-refractivity contribution in [3.05, 3.63) is 64.7 Å². The van der Waals surface area contributed by atoms with Crippen molar-refractivity contribution < 1.29 is 4.79 Å². The first-order chi connectivity index (χ1) is 10.6. The summed E-state index contributed by atoms with van der Waals surface area (Å²) in [5.41, 5.74) is 8.24. The highest BCUT2D eigenvalue weighted by atomic mass is 35.5. The molecule has 0 spiro atoms. The van der Waals surface area contributed by atoms with Crippen molar-refractivity contribution in [1.29, 1.82) is 0 Å². The van der Waals surface area contributed by atoms with Crippen LogP contribution in [0.25, 0.3) is 0 Å². The third-order valence-corrected chi connectivity index (χ3v) is 4.48. The number of nitrogen functional groups attached to an aromatic ring is 1. The average molecular weight is 351 g/mol. The minimum atomic E-state index is -0.369. The van der Waals surface area contributed by atoms with E-state index in [1.807, 2.05) is 48.5 Å². The van der Waals surface area contributed by atoms with Crippen LogP contribution in [0.15, 0.2) is 48.5 Å². The van der Waals surface area contributed by atoms with Crippen molar-refractivity contribution in [2.45, 2.75) is 24.7 Å². The Bertz CT molecular complexity index is 682. The van der Waals surface area contributed by atoms with Crippen molar-refractivity contribution in [2.75, 3.05) is 12.3 Å². The van der Waals surface area contributed by atoms with Gasteiger partial charge in [0, 0.05) is 17.3 Å². The number of nitrogens with one attached hydrogen (secondary N) is 1. The maximum Gasteiger partial charge on any atom is 0.230 e. The quantitative estimate of drug-likeness (QED) is 0.807. The van der Waals surface area contributed by atoms with E-state index in [9.17, 15) is 4.79 Å². The summed E-state index contributed by atoms with van der Waals surface area (Å²) in [6.45, 7) is 0.630. The van der Waals surface area contributed by atoms with E-state index in [0.717, 1.165) is 30.5 Å². The number of halogens is 2. The Hall–Kier alpha value is -1.71. The normalized spacial score (nSPS) is 14.7. The maximum absolute atomic E-state index is 12.5. The predicted octanol–water partition coefficient (Wildman–Crippen LogP) is 3.73. The molecule has 0 aliphatic heterocycles. The van der Waals surface area contributed by atoms with E-state index in [0.29, 0.717) is 11.6 Å². The Morgan fingerprint density at radius 1 is 1.17 bits per heavy atom. The van der Waals surface area contributed by atoms with Crippen LogP contribution in [0.3, 0.4) is 0 Å². The lowest BCUT2D eigenvalue weighted by Crippen LogP contribution is -2.35. The van der Waals surface area contributed by atoms with Crippen LogP contribution >= 0.6 is 24.0 Å². The lowest BCUT2D eigenvalue weighted by Gasteiger charge is -2.16. The van der Waals surface area contributed by atoms with Crippen molar-refractivity contribution in [2.24, 2.45) is 0 Å². The molecule has 0 aromatic heterocycles. The van der Waals surface area contributed by atoms with Gasteiger partial charge in [0.2, 0.25) is 5.91 Å². The van der Waals surface area contributed by atoms with Gasteiger partial charge in [0.1, 0.15) is 0 Å². The molecule has 0 heterocycles. The molecule has 1 aliphatic carbocycles. The van der Waals surface area contributed by atoms with Crippen molar-refractivity contribution in [3.8, 4) is 0 Å². The number of carbonyl (C=O) groups excluding carboxylic acids is 1. The highest BCUT2D eigenvalue weighted by Crippen LogP contribution is 2.48. The summed E-state index contributed by atoms with van der Waals surface area (Å²) in [7, 11) is 0. The number of anilines is 1. The second-order valence-corrected chi connectivity index (χ2v) is 6.28. The summed E-state index contributed by atoms with van der Waals surface area (Å²) in [4.78, 5) is 12.5. The molecule has 1 amide bonds. The minimum absolute atomic E-state index is 0. The molecule has 1 fully saturated rings. The van der Waals surface area contributed by atoms with Crippen LogP contribution in [0.4, 0.5) is 5.69 Å². The van der Waals surface area contributed by atoms with E-state index in [4.69, 9.17) is 17.3 Å². The van der Waals surface area contributed by atoms with Crippen LogP contribution in [-0.4, -0.2) is 12.5 Å². The van der Waals surface area contributed by atoms with E-state index >= 15 is 0 Å². The first kappa shape index (κ1) is 17.6. The first-order valence-electron chi connectivity index (χ1n) is 7.49. The molecular formula is C18H20Cl2N2O. The van der Waals surface area contributed by atoms with Gasteiger partial charge in [-0.1, -0.05) is 35.9 Å². The molecule has 0 unspecified atom stereocenters. The average Bonchev–Trinajstić information content (AvgIpc) is 3.31. The smallest absolute Gasteiger partial charge is 0.230 e. The van der Waals surface area contributed by atoms with Gasteiger partial charge in [-0.15, -0.1) is 12.4 Å². The Morgan fingerprint density at radius 3 is 2.48 bits per heavy atom. The molecule has 2 aromatic carbocycles. The number of hydrogen-bond acceptors (Lipinski definition) is 2. The van der Waals surface area contributed by atoms with Gasteiger partial charge in [0.05, 0.1) is 5.41 Å². The van der Waals surface area contributed by atoms with Crippen molar-refractivity contribution in [1.82, 2.24) is 5.32 Å². The third-order valence-electron chi connectivity index (χ3n) is 4.24. The molecule has 0 radical (unpaired) electrons. The molecule has 3 N–H and O–H groups in total. The molecule has 0 bridgehead atoms. The standard InChI is InChI=1S/C18H19ClN2O.ClH/c19-15-3-1-2-14(12-15)18(9-10-18)17(22)21-11-8-13-4-6-16(20)7-5-13;/h1-7,12H,8-11,20H2,(H,21,22);1H. The Morgan fingerprint density at radius 2 is 1.87 bits per heavy atom. The zero-order valence-corrected chi connectivity index (χ0v) is 14.3. The van der Waals surface area contributed by atoms with Gasteiger partial charge in [0.25, 0.3) is 0 Å².